The predicted molar refractivity (Wildman–Crippen MR) is 90.4 cm³/mol. The molecule has 0 aliphatic carbocycles. The molecule has 1 heteroatoms. The monoisotopic (exact) mass is 275 g/mol. The van der Waals surface area contributed by atoms with Gasteiger partial charge >= 0.3 is 0 Å². The van der Waals surface area contributed by atoms with Gasteiger partial charge in [-0.25, -0.2) is 0 Å². The zero-order valence-electron chi connectivity index (χ0n) is 12.6. The van der Waals surface area contributed by atoms with Gasteiger partial charge in [0.1, 0.15) is 0 Å². The van der Waals surface area contributed by atoms with Gasteiger partial charge in [-0.2, -0.15) is 0 Å². The quantitative estimate of drug-likeness (QED) is 0.685. The molecule has 0 aromatic heterocycles. The Morgan fingerprint density at radius 1 is 0.619 bits per heavy atom. The predicted octanol–water partition coefficient (Wildman–Crippen LogP) is 5.25. The first-order chi connectivity index (χ1) is 10.2. The van der Waals surface area contributed by atoms with Gasteiger partial charge in [-0.05, 0) is 41.8 Å². The topological polar surface area (TPSA) is 12.0 Å². The molecule has 1 N–H and O–H groups in total. The number of fused-ring (bicyclic) bond motifs is 1. The summed E-state index contributed by atoms with van der Waals surface area (Å²) in [6.45, 7) is 4.44. The van der Waals surface area contributed by atoms with Crippen molar-refractivity contribution in [3.05, 3.63) is 83.9 Å². The highest BCUT2D eigenvalue weighted by atomic mass is 14.9. The number of hydrogen-bond acceptors (Lipinski definition) is 1. The van der Waals surface area contributed by atoms with Crippen molar-refractivity contribution in [3.63, 3.8) is 0 Å². The fourth-order valence-electron chi connectivity index (χ4n) is 2.79. The first-order valence-electron chi connectivity index (χ1n) is 7.54. The Kier molecular flexibility index (Phi) is 4.03. The van der Waals surface area contributed by atoms with Crippen LogP contribution in [0.1, 0.15) is 37.1 Å². The van der Waals surface area contributed by atoms with E-state index in [0.29, 0.717) is 12.1 Å². The van der Waals surface area contributed by atoms with Crippen LogP contribution in [0.5, 0.6) is 0 Å². The van der Waals surface area contributed by atoms with Crippen molar-refractivity contribution in [2.45, 2.75) is 25.9 Å². The van der Waals surface area contributed by atoms with E-state index in [2.05, 4.69) is 92.0 Å². The smallest absolute Gasteiger partial charge is 0.0297 e. The summed E-state index contributed by atoms with van der Waals surface area (Å²) in [4.78, 5) is 0. The van der Waals surface area contributed by atoms with Crippen molar-refractivity contribution in [3.8, 4) is 0 Å². The fraction of sp³-hybridized carbons (Fsp3) is 0.200. The average molecular weight is 275 g/mol. The minimum atomic E-state index is 0.324. The number of nitrogens with one attached hydrogen (secondary N) is 1. The lowest BCUT2D eigenvalue weighted by Gasteiger charge is -2.21. The molecule has 0 fully saturated rings. The number of hydrogen-bond donors (Lipinski definition) is 1. The van der Waals surface area contributed by atoms with E-state index >= 15 is 0 Å². The van der Waals surface area contributed by atoms with Crippen molar-refractivity contribution in [1.29, 1.82) is 0 Å². The number of rotatable bonds is 4. The second kappa shape index (κ2) is 6.11. The van der Waals surface area contributed by atoms with Crippen LogP contribution in [-0.2, 0) is 0 Å². The molecule has 106 valence electrons. The van der Waals surface area contributed by atoms with Gasteiger partial charge in [0.2, 0.25) is 0 Å². The summed E-state index contributed by atoms with van der Waals surface area (Å²) < 4.78 is 0. The van der Waals surface area contributed by atoms with E-state index < -0.39 is 0 Å². The largest absolute Gasteiger partial charge is 0.304 e. The van der Waals surface area contributed by atoms with E-state index in [9.17, 15) is 0 Å². The molecule has 1 nitrogen and oxygen atoms in total. The van der Waals surface area contributed by atoms with Crippen molar-refractivity contribution < 1.29 is 0 Å². The second-order valence-electron chi connectivity index (χ2n) is 5.63. The summed E-state index contributed by atoms with van der Waals surface area (Å²) in [6, 6.07) is 26.5. The SMILES string of the molecule is CC(N[C@@H](C)c1ccccc1)c1ccc2ccccc2c1. The number of benzene rings is 3. The molecule has 0 spiro atoms. The minimum absolute atomic E-state index is 0.324. The Labute approximate surface area is 126 Å². The van der Waals surface area contributed by atoms with Gasteiger partial charge in [0, 0.05) is 12.1 Å². The molecule has 3 rings (SSSR count). The van der Waals surface area contributed by atoms with Crippen LogP contribution in [0.15, 0.2) is 72.8 Å². The molecule has 0 aliphatic heterocycles. The molecule has 3 aromatic carbocycles. The van der Waals surface area contributed by atoms with Crippen LogP contribution >= 0.6 is 0 Å². The molecule has 21 heavy (non-hydrogen) atoms. The molecule has 0 heterocycles. The highest BCUT2D eigenvalue weighted by Gasteiger charge is 2.11. The van der Waals surface area contributed by atoms with E-state index in [1.807, 2.05) is 0 Å². The van der Waals surface area contributed by atoms with Crippen LogP contribution in [0.3, 0.4) is 0 Å². The molecule has 0 aliphatic rings. The van der Waals surface area contributed by atoms with E-state index in [-0.39, 0.29) is 0 Å². The summed E-state index contributed by atoms with van der Waals surface area (Å²) in [5.41, 5.74) is 2.65. The molecule has 3 aromatic rings. The van der Waals surface area contributed by atoms with Crippen LogP contribution in [0.2, 0.25) is 0 Å². The lowest BCUT2D eigenvalue weighted by atomic mass is 10.0. The highest BCUT2D eigenvalue weighted by molar-refractivity contribution is 5.83. The van der Waals surface area contributed by atoms with Crippen LogP contribution in [0, 0.1) is 0 Å². The summed E-state index contributed by atoms with van der Waals surface area (Å²) in [5.74, 6) is 0. The van der Waals surface area contributed by atoms with Gasteiger partial charge < -0.3 is 5.32 Å². The maximum Gasteiger partial charge on any atom is 0.0297 e. The molecular weight excluding hydrogens is 254 g/mol. The third-order valence-electron chi connectivity index (χ3n) is 4.07. The maximum atomic E-state index is 3.68. The zero-order chi connectivity index (χ0) is 14.7. The molecular formula is C20H21N. The summed E-state index contributed by atoms with van der Waals surface area (Å²) in [6.07, 6.45) is 0. The van der Waals surface area contributed by atoms with E-state index in [1.54, 1.807) is 0 Å². The summed E-state index contributed by atoms with van der Waals surface area (Å²) in [7, 11) is 0. The van der Waals surface area contributed by atoms with Gasteiger partial charge in [-0.3, -0.25) is 0 Å². The standard InChI is InChI=1S/C20H21N/c1-15(17-8-4-3-5-9-17)21-16(2)19-13-12-18-10-6-7-11-20(18)14-19/h3-16,21H,1-2H3/t15-,16?/m0/s1. The van der Waals surface area contributed by atoms with Crippen LogP contribution in [0.25, 0.3) is 10.8 Å². The third kappa shape index (κ3) is 3.14. The molecule has 2 atom stereocenters. The van der Waals surface area contributed by atoms with Gasteiger partial charge in [0.15, 0.2) is 0 Å². The first kappa shape index (κ1) is 13.8. The van der Waals surface area contributed by atoms with Crippen LogP contribution in [-0.4, -0.2) is 0 Å². The van der Waals surface area contributed by atoms with E-state index in [4.69, 9.17) is 0 Å². The molecule has 0 saturated heterocycles. The van der Waals surface area contributed by atoms with Gasteiger partial charge in [0.25, 0.3) is 0 Å². The average Bonchev–Trinajstić information content (AvgIpc) is 2.55. The highest BCUT2D eigenvalue weighted by Crippen LogP contribution is 2.23. The molecule has 0 bridgehead atoms. The van der Waals surface area contributed by atoms with Crippen LogP contribution in [0.4, 0.5) is 0 Å². The van der Waals surface area contributed by atoms with Crippen molar-refractivity contribution in [1.82, 2.24) is 5.32 Å². The van der Waals surface area contributed by atoms with Crippen molar-refractivity contribution in [2.75, 3.05) is 0 Å². The Morgan fingerprint density at radius 2 is 1.24 bits per heavy atom. The van der Waals surface area contributed by atoms with E-state index in [1.165, 1.54) is 21.9 Å². The van der Waals surface area contributed by atoms with Gasteiger partial charge in [-0.1, -0.05) is 66.7 Å². The summed E-state index contributed by atoms with van der Waals surface area (Å²) in [5, 5.41) is 6.27. The Balaban J connectivity index is 1.79. The van der Waals surface area contributed by atoms with Crippen molar-refractivity contribution >= 4 is 10.8 Å². The lowest BCUT2D eigenvalue weighted by molar-refractivity contribution is 0.495. The molecule has 0 amide bonds. The molecule has 1 unspecified atom stereocenters. The Bertz CT molecular complexity index is 718. The van der Waals surface area contributed by atoms with Crippen molar-refractivity contribution in [2.24, 2.45) is 0 Å². The van der Waals surface area contributed by atoms with Crippen LogP contribution < -0.4 is 5.32 Å². The zero-order valence-corrected chi connectivity index (χ0v) is 12.6. The minimum Gasteiger partial charge on any atom is -0.304 e. The Hall–Kier alpha value is -2.12. The normalized spacial score (nSPS) is 14.0. The third-order valence-corrected chi connectivity index (χ3v) is 4.07. The fourth-order valence-corrected chi connectivity index (χ4v) is 2.79. The Morgan fingerprint density at radius 3 is 2.00 bits per heavy atom. The van der Waals surface area contributed by atoms with Gasteiger partial charge in [0.05, 0.1) is 0 Å². The summed E-state index contributed by atoms with van der Waals surface area (Å²) >= 11 is 0. The first-order valence-corrected chi connectivity index (χ1v) is 7.54. The maximum absolute atomic E-state index is 3.68. The molecule has 0 saturated carbocycles. The van der Waals surface area contributed by atoms with Gasteiger partial charge in [-0.15, -0.1) is 0 Å². The molecule has 0 radical (unpaired) electrons. The van der Waals surface area contributed by atoms with E-state index in [0.717, 1.165) is 0 Å². The second-order valence-corrected chi connectivity index (χ2v) is 5.63. The lowest BCUT2D eigenvalue weighted by Crippen LogP contribution is -2.22.